The van der Waals surface area contributed by atoms with Crippen molar-refractivity contribution in [3.8, 4) is 0 Å². The van der Waals surface area contributed by atoms with Crippen molar-refractivity contribution in [1.82, 2.24) is 0 Å². The Hall–Kier alpha value is -1.88. The number of hydrogen-bond acceptors (Lipinski definition) is 6. The van der Waals surface area contributed by atoms with Crippen LogP contribution in [-0.4, -0.2) is 29.6 Å². The molecular weight excluding hydrogens is 218 g/mol. The van der Waals surface area contributed by atoms with Crippen molar-refractivity contribution in [3.63, 3.8) is 0 Å². The molecule has 0 unspecified atom stereocenters. The fraction of sp³-hybridized carbons (Fsp3) is 0.667. The van der Waals surface area contributed by atoms with Gasteiger partial charge >= 0.3 is 12.3 Å². The summed E-state index contributed by atoms with van der Waals surface area (Å²) in [4.78, 5) is 29.0. The predicted molar refractivity (Wildman–Crippen MR) is 50.9 cm³/mol. The molecule has 0 amide bonds. The molecule has 0 heterocycles. The third-order valence-electron chi connectivity index (χ3n) is 1.99. The van der Waals surface area contributed by atoms with Crippen LogP contribution in [0.3, 0.4) is 0 Å². The largest absolute Gasteiger partial charge is 0.518 e. The maximum absolute atomic E-state index is 10.7. The average Bonchev–Trinajstić information content (AvgIpc) is 2.18. The zero-order valence-electron chi connectivity index (χ0n) is 8.60. The summed E-state index contributed by atoms with van der Waals surface area (Å²) >= 11 is 0. The van der Waals surface area contributed by atoms with Crippen LogP contribution in [0.15, 0.2) is 0 Å². The van der Waals surface area contributed by atoms with E-state index in [2.05, 4.69) is 4.74 Å². The van der Waals surface area contributed by atoms with E-state index in [1.54, 1.807) is 0 Å². The molecule has 0 radical (unpaired) electrons. The van der Waals surface area contributed by atoms with Crippen LogP contribution in [0.4, 0.5) is 9.59 Å². The Labute approximate surface area is 91.9 Å². The van der Waals surface area contributed by atoms with Crippen LogP contribution in [0.2, 0.25) is 0 Å². The number of hydrogen-bond donors (Lipinski definition) is 2. The van der Waals surface area contributed by atoms with Crippen LogP contribution < -0.4 is 0 Å². The summed E-state index contributed by atoms with van der Waals surface area (Å²) in [5, 5.41) is 13.5. The monoisotopic (exact) mass is 231 g/mol. The van der Waals surface area contributed by atoms with Crippen molar-refractivity contribution in [2.75, 3.05) is 0 Å². The number of nitrogens with one attached hydrogen (secondary N) is 1. The van der Waals surface area contributed by atoms with E-state index in [1.165, 1.54) is 0 Å². The van der Waals surface area contributed by atoms with Crippen LogP contribution >= 0.6 is 0 Å². The molecule has 0 aliphatic heterocycles. The molecule has 0 spiro atoms. The van der Waals surface area contributed by atoms with Gasteiger partial charge in [0, 0.05) is 0 Å². The molecule has 0 saturated heterocycles. The van der Waals surface area contributed by atoms with Gasteiger partial charge in [0.1, 0.15) is 6.10 Å². The van der Waals surface area contributed by atoms with Gasteiger partial charge in [0.15, 0.2) is 0 Å². The molecule has 2 N–H and O–H groups in total. The van der Waals surface area contributed by atoms with Crippen LogP contribution in [0.1, 0.15) is 32.1 Å². The van der Waals surface area contributed by atoms with Gasteiger partial charge in [-0.05, 0) is 25.7 Å². The molecule has 0 atom stereocenters. The van der Waals surface area contributed by atoms with E-state index in [-0.39, 0.29) is 6.10 Å². The van der Waals surface area contributed by atoms with Gasteiger partial charge in [0.25, 0.3) is 0 Å². The molecule has 0 bridgehead atoms. The number of carbonyl (C=O) groups excluding carboxylic acids is 2. The Balaban J connectivity index is 0.000000673. The lowest BCUT2D eigenvalue weighted by Gasteiger charge is -2.20. The van der Waals surface area contributed by atoms with Gasteiger partial charge in [-0.1, -0.05) is 6.42 Å². The van der Waals surface area contributed by atoms with Crippen molar-refractivity contribution in [2.24, 2.45) is 0 Å². The molecule has 0 aromatic carbocycles. The summed E-state index contributed by atoms with van der Waals surface area (Å²) in [5.41, 5.74) is 0. The summed E-state index contributed by atoms with van der Waals surface area (Å²) in [6, 6.07) is 0. The average molecular weight is 231 g/mol. The molecule has 16 heavy (non-hydrogen) atoms. The highest BCUT2D eigenvalue weighted by Crippen LogP contribution is 2.20. The number of carbonyl (C=O) groups is 2. The van der Waals surface area contributed by atoms with Crippen LogP contribution in [-0.2, 0) is 14.3 Å². The highest BCUT2D eigenvalue weighted by atomic mass is 16.8. The quantitative estimate of drug-likeness (QED) is 0.309. The zero-order valence-corrected chi connectivity index (χ0v) is 8.60. The molecule has 1 aliphatic rings. The highest BCUT2D eigenvalue weighted by Gasteiger charge is 2.19. The van der Waals surface area contributed by atoms with E-state index in [0.29, 0.717) is 0 Å². The number of ether oxygens (including phenoxy) is 2. The SMILES string of the molecule is N=C=O.O=C(O)OC(=O)OC1CCCCC1. The van der Waals surface area contributed by atoms with Gasteiger partial charge in [0.2, 0.25) is 6.08 Å². The number of rotatable bonds is 1. The number of carboxylic acid groups (broad SMARTS) is 1. The fourth-order valence-electron chi connectivity index (χ4n) is 1.41. The predicted octanol–water partition coefficient (Wildman–Crippen LogP) is 2.05. The van der Waals surface area contributed by atoms with Gasteiger partial charge in [-0.25, -0.2) is 19.8 Å². The Morgan fingerprint density at radius 3 is 2.19 bits per heavy atom. The van der Waals surface area contributed by atoms with Gasteiger partial charge in [-0.2, -0.15) is 0 Å². The van der Waals surface area contributed by atoms with Gasteiger partial charge in [-0.15, -0.1) is 0 Å². The molecule has 0 aromatic rings. The fourth-order valence-corrected chi connectivity index (χ4v) is 1.41. The maximum Gasteiger partial charge on any atom is 0.518 e. The third-order valence-corrected chi connectivity index (χ3v) is 1.99. The van der Waals surface area contributed by atoms with Crippen molar-refractivity contribution >= 4 is 18.4 Å². The van der Waals surface area contributed by atoms with Crippen LogP contribution in [0.5, 0.6) is 0 Å². The van der Waals surface area contributed by atoms with Gasteiger partial charge < -0.3 is 14.6 Å². The summed E-state index contributed by atoms with van der Waals surface area (Å²) in [5.74, 6) is 0. The second kappa shape index (κ2) is 8.43. The number of isocyanates is 1. The molecule has 7 nitrogen and oxygen atoms in total. The summed E-state index contributed by atoms with van der Waals surface area (Å²) in [6.07, 6.45) is 2.63. The first-order valence-electron chi connectivity index (χ1n) is 4.75. The molecule has 1 fully saturated rings. The van der Waals surface area contributed by atoms with E-state index in [1.807, 2.05) is 0 Å². The maximum atomic E-state index is 10.7. The second-order valence-electron chi connectivity index (χ2n) is 3.10. The van der Waals surface area contributed by atoms with Crippen molar-refractivity contribution < 1.29 is 29.0 Å². The normalized spacial score (nSPS) is 15.0. The smallest absolute Gasteiger partial charge is 0.449 e. The van der Waals surface area contributed by atoms with Crippen LogP contribution in [0, 0.1) is 5.41 Å². The Morgan fingerprint density at radius 2 is 1.75 bits per heavy atom. The highest BCUT2D eigenvalue weighted by molar-refractivity contribution is 5.75. The summed E-state index contributed by atoms with van der Waals surface area (Å²) in [7, 11) is 0. The van der Waals surface area contributed by atoms with Crippen molar-refractivity contribution in [1.29, 1.82) is 5.41 Å². The molecule has 7 heteroatoms. The van der Waals surface area contributed by atoms with Gasteiger partial charge in [0.05, 0.1) is 0 Å². The first-order chi connectivity index (χ1) is 7.60. The van der Waals surface area contributed by atoms with Crippen molar-refractivity contribution in [3.05, 3.63) is 0 Å². The molecular formula is C9H13NO6. The van der Waals surface area contributed by atoms with E-state index < -0.39 is 12.3 Å². The second-order valence-corrected chi connectivity index (χ2v) is 3.10. The van der Waals surface area contributed by atoms with E-state index in [4.69, 9.17) is 20.0 Å². The minimum Gasteiger partial charge on any atom is -0.449 e. The lowest BCUT2D eigenvalue weighted by atomic mass is 9.98. The Morgan fingerprint density at radius 1 is 1.25 bits per heavy atom. The lowest BCUT2D eigenvalue weighted by Crippen LogP contribution is -2.22. The molecule has 1 rings (SSSR count). The summed E-state index contributed by atoms with van der Waals surface area (Å²) in [6.45, 7) is 0. The van der Waals surface area contributed by atoms with Gasteiger partial charge in [-0.3, -0.25) is 0 Å². The minimum atomic E-state index is -1.62. The molecule has 1 saturated carbocycles. The topological polar surface area (TPSA) is 114 Å². The van der Waals surface area contributed by atoms with Crippen LogP contribution in [0.25, 0.3) is 0 Å². The lowest BCUT2D eigenvalue weighted by molar-refractivity contribution is 0.0169. The minimum absolute atomic E-state index is 0.166. The molecule has 0 aromatic heterocycles. The first kappa shape index (κ1) is 14.1. The Kier molecular flexibility index (Phi) is 7.44. The molecule has 90 valence electrons. The first-order valence-corrected chi connectivity index (χ1v) is 4.75. The molecule has 1 aliphatic carbocycles. The zero-order chi connectivity index (χ0) is 12.4. The summed E-state index contributed by atoms with van der Waals surface area (Å²) < 4.78 is 8.57. The van der Waals surface area contributed by atoms with E-state index in [0.717, 1.165) is 38.2 Å². The van der Waals surface area contributed by atoms with E-state index in [9.17, 15) is 9.59 Å². The third kappa shape index (κ3) is 7.52. The Bertz CT molecular complexity index is 265. The van der Waals surface area contributed by atoms with Crippen molar-refractivity contribution in [2.45, 2.75) is 38.2 Å². The van der Waals surface area contributed by atoms with E-state index >= 15 is 0 Å². The standard InChI is InChI=1S/C8H12O5.CHNO/c9-7(10)13-8(11)12-6-4-2-1-3-5-6;2-1-3/h6H,1-5H2,(H,9,10);2H.